The summed E-state index contributed by atoms with van der Waals surface area (Å²) in [5.41, 5.74) is 0.441. The molecule has 0 spiro atoms. The van der Waals surface area contributed by atoms with Gasteiger partial charge in [-0.15, -0.1) is 6.58 Å². The average molecular weight is 427 g/mol. The van der Waals surface area contributed by atoms with Crippen molar-refractivity contribution in [3.8, 4) is 0 Å². The van der Waals surface area contributed by atoms with E-state index in [0.717, 1.165) is 20.5 Å². The molecule has 1 saturated heterocycles. The van der Waals surface area contributed by atoms with Crippen LogP contribution in [-0.2, 0) is 27.3 Å². The Balaban J connectivity index is 1.94. The van der Waals surface area contributed by atoms with Gasteiger partial charge >= 0.3 is 11.8 Å². The molecule has 0 unspecified atom stereocenters. The molecule has 5 nitrogen and oxygen atoms in total. The molecule has 2 aromatic carbocycles. The molecule has 0 radical (unpaired) electrons. The van der Waals surface area contributed by atoms with Gasteiger partial charge in [-0.2, -0.15) is 0 Å². The van der Waals surface area contributed by atoms with Crippen LogP contribution in [0.3, 0.4) is 0 Å². The SMILES string of the molecule is C=CC[C@@]1(Cc2ccccc2)NC(=O)C(=O)N(Cc2ccc(Br)cc2)C1=O. The summed E-state index contributed by atoms with van der Waals surface area (Å²) >= 11 is 3.36. The van der Waals surface area contributed by atoms with Crippen molar-refractivity contribution in [2.75, 3.05) is 0 Å². The molecule has 27 heavy (non-hydrogen) atoms. The minimum Gasteiger partial charge on any atom is -0.333 e. The average Bonchev–Trinajstić information content (AvgIpc) is 2.66. The minimum atomic E-state index is -1.22. The van der Waals surface area contributed by atoms with Gasteiger partial charge in [0.1, 0.15) is 5.54 Å². The van der Waals surface area contributed by atoms with E-state index in [9.17, 15) is 14.4 Å². The highest BCUT2D eigenvalue weighted by molar-refractivity contribution is 9.10. The van der Waals surface area contributed by atoms with Gasteiger partial charge in [0.15, 0.2) is 0 Å². The van der Waals surface area contributed by atoms with E-state index in [2.05, 4.69) is 27.8 Å². The number of hydrogen-bond donors (Lipinski definition) is 1. The highest BCUT2D eigenvalue weighted by Crippen LogP contribution is 2.26. The summed E-state index contributed by atoms with van der Waals surface area (Å²) in [6.45, 7) is 3.77. The number of piperazine rings is 1. The van der Waals surface area contributed by atoms with Gasteiger partial charge in [-0.25, -0.2) is 0 Å². The van der Waals surface area contributed by atoms with E-state index in [1.165, 1.54) is 0 Å². The van der Waals surface area contributed by atoms with Crippen LogP contribution in [0.1, 0.15) is 17.5 Å². The quantitative estimate of drug-likeness (QED) is 0.438. The zero-order valence-electron chi connectivity index (χ0n) is 14.7. The molecule has 1 aliphatic heterocycles. The van der Waals surface area contributed by atoms with Crippen LogP contribution >= 0.6 is 15.9 Å². The topological polar surface area (TPSA) is 66.5 Å². The minimum absolute atomic E-state index is 0.0477. The maximum Gasteiger partial charge on any atom is 0.318 e. The molecule has 0 bridgehead atoms. The normalized spacial score (nSPS) is 19.7. The van der Waals surface area contributed by atoms with Crippen LogP contribution in [-0.4, -0.2) is 28.2 Å². The summed E-state index contributed by atoms with van der Waals surface area (Å²) in [5.74, 6) is -2.03. The Kier molecular flexibility index (Phi) is 5.56. The number of rotatable bonds is 6. The van der Waals surface area contributed by atoms with Crippen LogP contribution in [0.25, 0.3) is 0 Å². The Morgan fingerprint density at radius 3 is 2.30 bits per heavy atom. The van der Waals surface area contributed by atoms with Gasteiger partial charge in [0.25, 0.3) is 5.91 Å². The molecule has 3 rings (SSSR count). The summed E-state index contributed by atoms with van der Waals surface area (Å²) in [7, 11) is 0. The lowest BCUT2D eigenvalue weighted by atomic mass is 9.84. The Labute approximate surface area is 166 Å². The van der Waals surface area contributed by atoms with Gasteiger partial charge in [0.2, 0.25) is 0 Å². The van der Waals surface area contributed by atoms with Gasteiger partial charge in [-0.1, -0.05) is 64.5 Å². The second-order valence-corrected chi connectivity index (χ2v) is 7.43. The number of nitrogens with zero attached hydrogens (tertiary/aromatic N) is 1. The third-order valence-electron chi connectivity index (χ3n) is 4.54. The van der Waals surface area contributed by atoms with Crippen molar-refractivity contribution in [2.45, 2.75) is 24.9 Å². The third-order valence-corrected chi connectivity index (χ3v) is 5.07. The van der Waals surface area contributed by atoms with E-state index < -0.39 is 23.3 Å². The van der Waals surface area contributed by atoms with Gasteiger partial charge in [-0.05, 0) is 29.7 Å². The number of carbonyl (C=O) groups is 3. The monoisotopic (exact) mass is 426 g/mol. The van der Waals surface area contributed by atoms with Crippen LogP contribution in [0.2, 0.25) is 0 Å². The molecule has 1 atom stereocenters. The fourth-order valence-corrected chi connectivity index (χ4v) is 3.50. The zero-order valence-corrected chi connectivity index (χ0v) is 16.2. The number of nitrogens with one attached hydrogen (secondary N) is 1. The van der Waals surface area contributed by atoms with E-state index >= 15 is 0 Å². The molecule has 1 N–H and O–H groups in total. The summed E-state index contributed by atoms with van der Waals surface area (Å²) in [6.07, 6.45) is 2.11. The van der Waals surface area contributed by atoms with Gasteiger partial charge in [-0.3, -0.25) is 19.3 Å². The van der Waals surface area contributed by atoms with Crippen LogP contribution in [0.4, 0.5) is 0 Å². The molecular weight excluding hydrogens is 408 g/mol. The second kappa shape index (κ2) is 7.88. The number of carbonyl (C=O) groups excluding carboxylic acids is 3. The van der Waals surface area contributed by atoms with E-state index in [0.29, 0.717) is 0 Å². The maximum absolute atomic E-state index is 13.3. The number of benzene rings is 2. The predicted octanol–water partition coefficient (Wildman–Crippen LogP) is 2.99. The Hall–Kier alpha value is -2.73. The van der Waals surface area contributed by atoms with Crippen molar-refractivity contribution < 1.29 is 14.4 Å². The van der Waals surface area contributed by atoms with Crippen molar-refractivity contribution in [2.24, 2.45) is 0 Å². The molecule has 138 valence electrons. The summed E-state index contributed by atoms with van der Waals surface area (Å²) in [5, 5.41) is 2.65. The lowest BCUT2D eigenvalue weighted by Gasteiger charge is -2.40. The Morgan fingerprint density at radius 1 is 1.00 bits per heavy atom. The van der Waals surface area contributed by atoms with Crippen molar-refractivity contribution in [3.05, 3.63) is 82.9 Å². The summed E-state index contributed by atoms with van der Waals surface area (Å²) in [4.78, 5) is 39.1. The number of amides is 3. The fourth-order valence-electron chi connectivity index (χ4n) is 3.23. The fraction of sp³-hybridized carbons (Fsp3) is 0.190. The molecule has 1 heterocycles. The first-order chi connectivity index (χ1) is 12.9. The van der Waals surface area contributed by atoms with Crippen LogP contribution < -0.4 is 5.32 Å². The van der Waals surface area contributed by atoms with Crippen LogP contribution in [0, 0.1) is 0 Å². The van der Waals surface area contributed by atoms with E-state index in [1.807, 2.05) is 54.6 Å². The summed E-state index contributed by atoms with van der Waals surface area (Å²) < 4.78 is 0.894. The van der Waals surface area contributed by atoms with Crippen molar-refractivity contribution >= 4 is 33.7 Å². The molecule has 2 aromatic rings. The van der Waals surface area contributed by atoms with Crippen LogP contribution in [0.15, 0.2) is 71.7 Å². The first kappa shape index (κ1) is 19.0. The standard InChI is InChI=1S/C21H19BrN2O3/c1-2-12-21(13-15-6-4-3-5-7-15)20(27)24(19(26)18(25)23-21)14-16-8-10-17(22)11-9-16/h2-11H,1,12-14H2,(H,23,25)/t21-/m0/s1. The first-order valence-corrected chi connectivity index (χ1v) is 9.32. The van der Waals surface area contributed by atoms with Crippen molar-refractivity contribution in [3.63, 3.8) is 0 Å². The van der Waals surface area contributed by atoms with E-state index in [-0.39, 0.29) is 19.4 Å². The van der Waals surface area contributed by atoms with Crippen LogP contribution in [0.5, 0.6) is 0 Å². The smallest absolute Gasteiger partial charge is 0.318 e. The largest absolute Gasteiger partial charge is 0.333 e. The molecule has 1 aliphatic rings. The Morgan fingerprint density at radius 2 is 1.67 bits per heavy atom. The maximum atomic E-state index is 13.3. The van der Waals surface area contributed by atoms with Gasteiger partial charge < -0.3 is 5.32 Å². The predicted molar refractivity (Wildman–Crippen MR) is 106 cm³/mol. The lowest BCUT2D eigenvalue weighted by Crippen LogP contribution is -2.69. The van der Waals surface area contributed by atoms with Gasteiger partial charge in [0, 0.05) is 10.9 Å². The van der Waals surface area contributed by atoms with Crippen molar-refractivity contribution in [1.29, 1.82) is 0 Å². The number of hydrogen-bond acceptors (Lipinski definition) is 3. The van der Waals surface area contributed by atoms with E-state index in [4.69, 9.17) is 0 Å². The molecule has 0 aliphatic carbocycles. The molecule has 3 amide bonds. The highest BCUT2D eigenvalue weighted by Gasteiger charge is 2.50. The zero-order chi connectivity index (χ0) is 19.4. The summed E-state index contributed by atoms with van der Waals surface area (Å²) in [6, 6.07) is 16.7. The molecule has 0 saturated carbocycles. The Bertz CT molecular complexity index is 880. The third kappa shape index (κ3) is 4.01. The molecule has 1 fully saturated rings. The highest BCUT2D eigenvalue weighted by atomic mass is 79.9. The molecular formula is C21H19BrN2O3. The lowest BCUT2D eigenvalue weighted by molar-refractivity contribution is -0.163. The first-order valence-electron chi connectivity index (χ1n) is 8.53. The molecule has 6 heteroatoms. The second-order valence-electron chi connectivity index (χ2n) is 6.51. The van der Waals surface area contributed by atoms with Crippen molar-refractivity contribution in [1.82, 2.24) is 10.2 Å². The number of imide groups is 1. The van der Waals surface area contributed by atoms with Gasteiger partial charge in [0.05, 0.1) is 6.54 Å². The van der Waals surface area contributed by atoms with E-state index in [1.54, 1.807) is 6.08 Å². The molecule has 0 aromatic heterocycles. The number of halogens is 1.